The predicted octanol–water partition coefficient (Wildman–Crippen LogP) is 6.25. The van der Waals surface area contributed by atoms with Crippen LogP contribution in [0.4, 0.5) is 0 Å². The summed E-state index contributed by atoms with van der Waals surface area (Å²) in [5.41, 5.74) is 0. The first kappa shape index (κ1) is 21.2. The van der Waals surface area contributed by atoms with Crippen LogP contribution in [-0.4, -0.2) is 11.2 Å². The largest absolute Gasteiger partial charge is 0.506 e. The van der Waals surface area contributed by atoms with E-state index in [0.29, 0.717) is 33.7 Å². The topological polar surface area (TPSA) is 46.5 Å². The number of hydrogen-bond acceptors (Lipinski definition) is 3. The monoisotopic (exact) mass is 422 g/mol. The second kappa shape index (κ2) is 8.57. The molecule has 0 radical (unpaired) electrons. The number of rotatable bonds is 5. The smallest absolute Gasteiger partial charge is 0.265 e. The van der Waals surface area contributed by atoms with E-state index in [0.717, 1.165) is 18.2 Å². The summed E-state index contributed by atoms with van der Waals surface area (Å²) >= 11 is 0. The molecule has 3 aromatic carbocycles. The van der Waals surface area contributed by atoms with E-state index in [-0.39, 0.29) is 11.9 Å². The SMILES string of the molecule is CC(C)[C@@H]1CC[C@@H](C)C[C@H]1O[P@](=O)(c1ccccc1)c1ccc2ccccc2c1O. The van der Waals surface area contributed by atoms with Gasteiger partial charge in [-0.2, -0.15) is 0 Å². The second-order valence-corrected chi connectivity index (χ2v) is 11.3. The van der Waals surface area contributed by atoms with Crippen LogP contribution in [0.2, 0.25) is 0 Å². The minimum atomic E-state index is -3.49. The molecule has 0 amide bonds. The normalized spacial score (nSPS) is 24.1. The zero-order valence-electron chi connectivity index (χ0n) is 18.0. The minimum Gasteiger partial charge on any atom is -0.506 e. The molecule has 4 rings (SSSR count). The molecule has 30 heavy (non-hydrogen) atoms. The van der Waals surface area contributed by atoms with Crippen LogP contribution >= 0.6 is 7.37 Å². The van der Waals surface area contributed by atoms with Crippen LogP contribution in [0.3, 0.4) is 0 Å². The van der Waals surface area contributed by atoms with Gasteiger partial charge < -0.3 is 9.63 Å². The highest BCUT2D eigenvalue weighted by molar-refractivity contribution is 7.74. The molecule has 4 atom stereocenters. The number of aromatic hydroxyl groups is 1. The Morgan fingerprint density at radius 2 is 1.67 bits per heavy atom. The molecule has 0 bridgehead atoms. The van der Waals surface area contributed by atoms with Gasteiger partial charge in [0, 0.05) is 10.7 Å². The van der Waals surface area contributed by atoms with Crippen molar-refractivity contribution in [1.82, 2.24) is 0 Å². The van der Waals surface area contributed by atoms with Gasteiger partial charge in [0.1, 0.15) is 5.75 Å². The van der Waals surface area contributed by atoms with Crippen LogP contribution in [0.15, 0.2) is 66.7 Å². The molecule has 0 saturated heterocycles. The van der Waals surface area contributed by atoms with Crippen molar-refractivity contribution in [2.45, 2.75) is 46.1 Å². The zero-order chi connectivity index (χ0) is 21.3. The van der Waals surface area contributed by atoms with Gasteiger partial charge in [0.05, 0.1) is 11.4 Å². The molecular formula is C26H31O3P. The van der Waals surface area contributed by atoms with Crippen LogP contribution in [-0.2, 0) is 9.09 Å². The molecule has 0 aromatic heterocycles. The Morgan fingerprint density at radius 3 is 2.40 bits per heavy atom. The van der Waals surface area contributed by atoms with Gasteiger partial charge in [-0.05, 0) is 54.2 Å². The molecule has 1 fully saturated rings. The molecule has 3 aromatic rings. The fourth-order valence-corrected chi connectivity index (χ4v) is 7.16. The molecule has 1 N–H and O–H groups in total. The molecule has 4 heteroatoms. The zero-order valence-corrected chi connectivity index (χ0v) is 18.9. The number of fused-ring (bicyclic) bond motifs is 1. The van der Waals surface area contributed by atoms with Gasteiger partial charge >= 0.3 is 0 Å². The third-order valence-electron chi connectivity index (χ3n) is 6.54. The maximum Gasteiger partial charge on any atom is 0.265 e. The quantitative estimate of drug-likeness (QED) is 0.494. The molecule has 0 heterocycles. The number of hydrogen-bond donors (Lipinski definition) is 1. The van der Waals surface area contributed by atoms with E-state index < -0.39 is 7.37 Å². The first-order valence-electron chi connectivity index (χ1n) is 11.0. The van der Waals surface area contributed by atoms with Crippen molar-refractivity contribution >= 4 is 28.8 Å². The summed E-state index contributed by atoms with van der Waals surface area (Å²) in [5.74, 6) is 1.42. The Hall–Kier alpha value is -2.09. The Bertz CT molecular complexity index is 1060. The summed E-state index contributed by atoms with van der Waals surface area (Å²) in [6.07, 6.45) is 3.07. The van der Waals surface area contributed by atoms with Gasteiger partial charge in [0.25, 0.3) is 7.37 Å². The first-order chi connectivity index (χ1) is 14.4. The summed E-state index contributed by atoms with van der Waals surface area (Å²) in [5, 5.41) is 13.8. The van der Waals surface area contributed by atoms with Crippen LogP contribution in [0.25, 0.3) is 10.8 Å². The molecule has 158 valence electrons. The van der Waals surface area contributed by atoms with Crippen molar-refractivity contribution in [2.75, 3.05) is 0 Å². The summed E-state index contributed by atoms with van der Waals surface area (Å²) in [6, 6.07) is 20.7. The van der Waals surface area contributed by atoms with E-state index in [2.05, 4.69) is 20.8 Å². The first-order valence-corrected chi connectivity index (χ1v) is 12.6. The lowest BCUT2D eigenvalue weighted by Gasteiger charge is -2.39. The van der Waals surface area contributed by atoms with Gasteiger partial charge in [0.15, 0.2) is 0 Å². The van der Waals surface area contributed by atoms with E-state index in [4.69, 9.17) is 4.52 Å². The number of phenolic OH excluding ortho intramolecular Hbond substituents is 1. The van der Waals surface area contributed by atoms with Crippen molar-refractivity contribution in [3.63, 3.8) is 0 Å². The van der Waals surface area contributed by atoms with Crippen LogP contribution in [0.5, 0.6) is 5.75 Å². The van der Waals surface area contributed by atoms with Crippen LogP contribution in [0.1, 0.15) is 40.0 Å². The van der Waals surface area contributed by atoms with Crippen molar-refractivity contribution in [2.24, 2.45) is 17.8 Å². The standard InChI is InChI=1S/C26H31O3P/c1-18(2)22-15-13-19(3)17-24(22)29-30(28,21-10-5-4-6-11-21)25-16-14-20-9-7-8-12-23(20)26(25)27/h4-12,14,16,18-19,22,24,27H,13,15,17H2,1-3H3/t19-,22+,24-,30-/m1/s1. The lowest BCUT2D eigenvalue weighted by molar-refractivity contribution is 0.0514. The maximum absolute atomic E-state index is 14.6. The Labute approximate surface area is 179 Å². The fourth-order valence-electron chi connectivity index (χ4n) is 4.79. The summed E-state index contributed by atoms with van der Waals surface area (Å²) in [6.45, 7) is 6.68. The number of phenols is 1. The fraction of sp³-hybridized carbons (Fsp3) is 0.385. The van der Waals surface area contributed by atoms with Crippen molar-refractivity contribution < 1.29 is 14.2 Å². The third-order valence-corrected chi connectivity index (χ3v) is 9.08. The molecule has 0 spiro atoms. The summed E-state index contributed by atoms with van der Waals surface area (Å²) in [7, 11) is -3.49. The van der Waals surface area contributed by atoms with Gasteiger partial charge in [-0.3, -0.25) is 4.57 Å². The second-order valence-electron chi connectivity index (χ2n) is 9.01. The third kappa shape index (κ3) is 3.94. The van der Waals surface area contributed by atoms with E-state index in [1.54, 1.807) is 6.07 Å². The Morgan fingerprint density at radius 1 is 0.967 bits per heavy atom. The molecular weight excluding hydrogens is 391 g/mol. The Balaban J connectivity index is 1.85. The lowest BCUT2D eigenvalue weighted by atomic mass is 9.75. The highest BCUT2D eigenvalue weighted by atomic mass is 31.2. The molecule has 1 aliphatic carbocycles. The Kier molecular flexibility index (Phi) is 6.04. The summed E-state index contributed by atoms with van der Waals surface area (Å²) in [4.78, 5) is 0. The maximum atomic E-state index is 14.6. The van der Waals surface area contributed by atoms with Gasteiger partial charge in [-0.15, -0.1) is 0 Å². The van der Waals surface area contributed by atoms with Crippen molar-refractivity contribution in [3.05, 3.63) is 66.7 Å². The average molecular weight is 423 g/mol. The number of benzene rings is 3. The van der Waals surface area contributed by atoms with Crippen molar-refractivity contribution in [3.8, 4) is 5.75 Å². The molecule has 0 aliphatic heterocycles. The molecule has 3 nitrogen and oxygen atoms in total. The van der Waals surface area contributed by atoms with Crippen LogP contribution in [0, 0.1) is 17.8 Å². The van der Waals surface area contributed by atoms with Gasteiger partial charge in [-0.1, -0.05) is 75.7 Å². The van der Waals surface area contributed by atoms with Gasteiger partial charge in [-0.25, -0.2) is 0 Å². The van der Waals surface area contributed by atoms with E-state index >= 15 is 0 Å². The molecule has 1 aliphatic rings. The molecule has 1 saturated carbocycles. The lowest BCUT2D eigenvalue weighted by Crippen LogP contribution is -2.36. The van der Waals surface area contributed by atoms with Crippen molar-refractivity contribution in [1.29, 1.82) is 0 Å². The summed E-state index contributed by atoms with van der Waals surface area (Å²) < 4.78 is 21.3. The van der Waals surface area contributed by atoms with Gasteiger partial charge in [0.2, 0.25) is 0 Å². The van der Waals surface area contributed by atoms with E-state index in [9.17, 15) is 9.67 Å². The van der Waals surface area contributed by atoms with Crippen LogP contribution < -0.4 is 10.6 Å². The highest BCUT2D eigenvalue weighted by Crippen LogP contribution is 2.52. The predicted molar refractivity (Wildman–Crippen MR) is 125 cm³/mol. The molecule has 0 unspecified atom stereocenters. The minimum absolute atomic E-state index is 0.0604. The van der Waals surface area contributed by atoms with E-state index in [1.165, 1.54) is 6.42 Å². The highest BCUT2D eigenvalue weighted by Gasteiger charge is 2.40. The average Bonchev–Trinajstić information content (AvgIpc) is 2.74. The van der Waals surface area contributed by atoms with E-state index in [1.807, 2.05) is 60.7 Å².